The minimum absolute atomic E-state index is 0.0153. The van der Waals surface area contributed by atoms with Gasteiger partial charge in [0.15, 0.2) is 18.2 Å². The quantitative estimate of drug-likeness (QED) is 0.700. The summed E-state index contributed by atoms with van der Waals surface area (Å²) in [6.07, 6.45) is 6.83. The van der Waals surface area contributed by atoms with Gasteiger partial charge in [-0.3, -0.25) is 9.59 Å². The van der Waals surface area contributed by atoms with Crippen LogP contribution in [0.2, 0.25) is 0 Å². The Morgan fingerprint density at radius 1 is 1.07 bits per heavy atom. The predicted molar refractivity (Wildman–Crippen MR) is 108 cm³/mol. The van der Waals surface area contributed by atoms with E-state index in [4.69, 9.17) is 4.74 Å². The molecule has 154 valence electrons. The zero-order valence-corrected chi connectivity index (χ0v) is 17.0. The number of ketones is 1. The summed E-state index contributed by atoms with van der Waals surface area (Å²) in [5, 5.41) is 8.85. The lowest BCUT2D eigenvalue weighted by Crippen LogP contribution is -2.35. The van der Waals surface area contributed by atoms with Crippen LogP contribution in [-0.2, 0) is 17.8 Å². The van der Waals surface area contributed by atoms with Crippen molar-refractivity contribution in [2.24, 2.45) is 0 Å². The molecule has 3 heterocycles. The van der Waals surface area contributed by atoms with Crippen molar-refractivity contribution in [1.82, 2.24) is 19.7 Å². The van der Waals surface area contributed by atoms with Crippen LogP contribution in [0.5, 0.6) is 5.75 Å². The maximum Gasteiger partial charge on any atom is 0.261 e. The fraction of sp³-hybridized carbons (Fsp3) is 0.545. The van der Waals surface area contributed by atoms with Crippen molar-refractivity contribution < 1.29 is 14.3 Å². The minimum atomic E-state index is -0.0350. The number of ether oxygens (including phenoxy) is 1. The number of nitrogens with zero attached hydrogens (tertiary/aromatic N) is 4. The van der Waals surface area contributed by atoms with E-state index in [9.17, 15) is 9.59 Å². The van der Waals surface area contributed by atoms with Crippen LogP contribution in [0.25, 0.3) is 0 Å². The molecule has 29 heavy (non-hydrogen) atoms. The standard InChI is InChI=1S/C22H28N4O3/c1-2-19(27)16-9-11-17(12-10-16)29-15-21(28)25-14-6-7-18(25)22-24-23-20-8-4-3-5-13-26(20)22/h9-12,18H,2-8,13-15H2,1H3. The average molecular weight is 396 g/mol. The molecule has 0 aliphatic carbocycles. The molecular weight excluding hydrogens is 368 g/mol. The SMILES string of the molecule is CCC(=O)c1ccc(OCC(=O)N2CCCC2c2nnc3n2CCCCC3)cc1. The Balaban J connectivity index is 1.41. The fourth-order valence-corrected chi connectivity index (χ4v) is 4.26. The number of fused-ring (bicyclic) bond motifs is 1. The molecule has 1 unspecified atom stereocenters. The third-order valence-corrected chi connectivity index (χ3v) is 5.87. The molecule has 7 heteroatoms. The zero-order chi connectivity index (χ0) is 20.2. The molecule has 2 aromatic rings. The predicted octanol–water partition coefficient (Wildman–Crippen LogP) is 3.34. The second-order valence-electron chi connectivity index (χ2n) is 7.77. The first kappa shape index (κ1) is 19.6. The number of amides is 1. The Morgan fingerprint density at radius 2 is 1.90 bits per heavy atom. The molecule has 0 spiro atoms. The van der Waals surface area contributed by atoms with Gasteiger partial charge in [0, 0.05) is 31.5 Å². The highest BCUT2D eigenvalue weighted by atomic mass is 16.5. The molecule has 1 aromatic carbocycles. The molecule has 1 aromatic heterocycles. The third kappa shape index (κ3) is 4.18. The summed E-state index contributed by atoms with van der Waals surface area (Å²) in [6, 6.07) is 6.97. The second kappa shape index (κ2) is 8.76. The van der Waals surface area contributed by atoms with E-state index >= 15 is 0 Å². The van der Waals surface area contributed by atoms with Crippen molar-refractivity contribution in [3.63, 3.8) is 0 Å². The Morgan fingerprint density at radius 3 is 2.69 bits per heavy atom. The lowest BCUT2D eigenvalue weighted by atomic mass is 10.1. The number of aryl methyl sites for hydroxylation is 1. The number of benzene rings is 1. The van der Waals surface area contributed by atoms with E-state index in [1.807, 2.05) is 11.8 Å². The molecule has 1 amide bonds. The van der Waals surface area contributed by atoms with Crippen LogP contribution in [0, 0.1) is 0 Å². The van der Waals surface area contributed by atoms with Gasteiger partial charge < -0.3 is 14.2 Å². The van der Waals surface area contributed by atoms with Crippen LogP contribution >= 0.6 is 0 Å². The Labute approximate surface area is 171 Å². The lowest BCUT2D eigenvalue weighted by molar-refractivity contribution is -0.134. The van der Waals surface area contributed by atoms with Gasteiger partial charge in [-0.15, -0.1) is 10.2 Å². The van der Waals surface area contributed by atoms with Crippen LogP contribution in [-0.4, -0.2) is 44.5 Å². The van der Waals surface area contributed by atoms with Gasteiger partial charge in [-0.25, -0.2) is 0 Å². The van der Waals surface area contributed by atoms with Crippen molar-refractivity contribution >= 4 is 11.7 Å². The number of rotatable bonds is 6. The Kier molecular flexibility index (Phi) is 5.92. The molecular formula is C22H28N4O3. The molecule has 0 bridgehead atoms. The molecule has 2 aliphatic rings. The Bertz CT molecular complexity index is 875. The molecule has 1 saturated heterocycles. The van der Waals surface area contributed by atoms with Gasteiger partial charge in [0.1, 0.15) is 11.6 Å². The highest BCUT2D eigenvalue weighted by Gasteiger charge is 2.34. The smallest absolute Gasteiger partial charge is 0.261 e. The average Bonchev–Trinajstić information content (AvgIpc) is 3.32. The van der Waals surface area contributed by atoms with E-state index in [0.717, 1.165) is 56.8 Å². The van der Waals surface area contributed by atoms with Crippen molar-refractivity contribution in [3.8, 4) is 5.75 Å². The summed E-state index contributed by atoms with van der Waals surface area (Å²) in [5.74, 6) is 2.63. The van der Waals surface area contributed by atoms with E-state index in [-0.39, 0.29) is 24.3 Å². The number of hydrogen-bond acceptors (Lipinski definition) is 5. The molecule has 1 atom stereocenters. The van der Waals surface area contributed by atoms with Crippen molar-refractivity contribution in [1.29, 1.82) is 0 Å². The maximum absolute atomic E-state index is 12.9. The molecule has 0 radical (unpaired) electrons. The third-order valence-electron chi connectivity index (χ3n) is 5.87. The van der Waals surface area contributed by atoms with Gasteiger partial charge in [0.25, 0.3) is 5.91 Å². The van der Waals surface area contributed by atoms with Crippen molar-refractivity contribution in [3.05, 3.63) is 41.5 Å². The molecule has 0 N–H and O–H groups in total. The van der Waals surface area contributed by atoms with Gasteiger partial charge in [0.2, 0.25) is 0 Å². The van der Waals surface area contributed by atoms with Gasteiger partial charge in [-0.2, -0.15) is 0 Å². The van der Waals surface area contributed by atoms with Crippen molar-refractivity contribution in [2.75, 3.05) is 13.2 Å². The van der Waals surface area contributed by atoms with Crippen molar-refractivity contribution in [2.45, 2.75) is 64.5 Å². The zero-order valence-electron chi connectivity index (χ0n) is 17.0. The summed E-state index contributed by atoms with van der Waals surface area (Å²) in [6.45, 7) is 3.49. The molecule has 0 saturated carbocycles. The van der Waals surface area contributed by atoms with Gasteiger partial charge in [-0.1, -0.05) is 13.3 Å². The number of aromatic nitrogens is 3. The maximum atomic E-state index is 12.9. The van der Waals surface area contributed by atoms with E-state index in [1.165, 1.54) is 6.42 Å². The monoisotopic (exact) mass is 396 g/mol. The first-order valence-corrected chi connectivity index (χ1v) is 10.6. The lowest BCUT2D eigenvalue weighted by Gasteiger charge is -2.24. The first-order valence-electron chi connectivity index (χ1n) is 10.6. The number of carbonyl (C=O) groups is 2. The molecule has 1 fully saturated rings. The second-order valence-corrected chi connectivity index (χ2v) is 7.77. The minimum Gasteiger partial charge on any atom is -0.484 e. The summed E-state index contributed by atoms with van der Waals surface area (Å²) < 4.78 is 7.93. The number of carbonyl (C=O) groups excluding carboxylic acids is 2. The highest BCUT2D eigenvalue weighted by molar-refractivity contribution is 5.95. The molecule has 2 aliphatic heterocycles. The summed E-state index contributed by atoms with van der Waals surface area (Å²) in [4.78, 5) is 26.5. The van der Waals surface area contributed by atoms with Crippen LogP contribution in [0.15, 0.2) is 24.3 Å². The summed E-state index contributed by atoms with van der Waals surface area (Å²) in [5.41, 5.74) is 0.665. The van der Waals surface area contributed by atoms with E-state index in [0.29, 0.717) is 17.7 Å². The largest absolute Gasteiger partial charge is 0.484 e. The molecule has 7 nitrogen and oxygen atoms in total. The van der Waals surface area contributed by atoms with E-state index in [1.54, 1.807) is 24.3 Å². The van der Waals surface area contributed by atoms with Gasteiger partial charge >= 0.3 is 0 Å². The van der Waals surface area contributed by atoms with Crippen LogP contribution in [0.4, 0.5) is 0 Å². The summed E-state index contributed by atoms with van der Waals surface area (Å²) in [7, 11) is 0. The van der Waals surface area contributed by atoms with E-state index in [2.05, 4.69) is 14.8 Å². The van der Waals surface area contributed by atoms with Crippen LogP contribution in [0.1, 0.15) is 73.5 Å². The normalized spacial score (nSPS) is 18.9. The first-order chi connectivity index (χ1) is 14.2. The number of likely N-dealkylation sites (tertiary alicyclic amines) is 1. The molecule has 4 rings (SSSR count). The number of Topliss-reactive ketones (excluding diaryl/α,β-unsaturated/α-hetero) is 1. The number of hydrogen-bond donors (Lipinski definition) is 0. The van der Waals surface area contributed by atoms with Gasteiger partial charge in [0.05, 0.1) is 6.04 Å². The Hall–Kier alpha value is -2.70. The van der Waals surface area contributed by atoms with Crippen LogP contribution < -0.4 is 4.74 Å². The van der Waals surface area contributed by atoms with Crippen LogP contribution in [0.3, 0.4) is 0 Å². The summed E-state index contributed by atoms with van der Waals surface area (Å²) >= 11 is 0. The highest BCUT2D eigenvalue weighted by Crippen LogP contribution is 2.32. The van der Waals surface area contributed by atoms with Gasteiger partial charge in [-0.05, 0) is 49.9 Å². The van der Waals surface area contributed by atoms with E-state index < -0.39 is 0 Å². The fourth-order valence-electron chi connectivity index (χ4n) is 4.26. The topological polar surface area (TPSA) is 77.3 Å².